The van der Waals surface area contributed by atoms with Crippen LogP contribution in [0.2, 0.25) is 0 Å². The zero-order valence-corrected chi connectivity index (χ0v) is 16.6. The van der Waals surface area contributed by atoms with Gasteiger partial charge in [-0.25, -0.2) is 0 Å². The molecule has 0 bridgehead atoms. The van der Waals surface area contributed by atoms with Gasteiger partial charge in [-0.15, -0.1) is 0 Å². The molecule has 2 amide bonds. The number of carbonyl (C=O) groups is 2. The molecule has 1 N–H and O–H groups in total. The standard InChI is InChI=1S/C23H25N3O2/c1-14-11-15(2)22(16(3)12-14)25-21(27)13-26-20-10-5-4-8-19(20)24-18-9-6-7-17(18)23(26)28/h4-5,8,10-12,17H,6-7,9,13H2,1-3H3,(H,25,27). The molecule has 0 spiro atoms. The van der Waals surface area contributed by atoms with Crippen LogP contribution in [0, 0.1) is 26.7 Å². The molecule has 1 heterocycles. The molecular weight excluding hydrogens is 350 g/mol. The molecular formula is C23H25N3O2. The number of nitrogens with zero attached hydrogens (tertiary/aromatic N) is 2. The Bertz CT molecular complexity index is 970. The van der Waals surface area contributed by atoms with E-state index >= 15 is 0 Å². The molecule has 2 aliphatic rings. The lowest BCUT2D eigenvalue weighted by molar-refractivity contribution is -0.122. The van der Waals surface area contributed by atoms with Crippen molar-refractivity contribution >= 4 is 34.6 Å². The Morgan fingerprint density at radius 3 is 2.64 bits per heavy atom. The zero-order chi connectivity index (χ0) is 19.8. The quantitative estimate of drug-likeness (QED) is 0.860. The Morgan fingerprint density at radius 1 is 1.18 bits per heavy atom. The van der Waals surface area contributed by atoms with Crippen molar-refractivity contribution in [2.75, 3.05) is 16.8 Å². The van der Waals surface area contributed by atoms with Crippen LogP contribution in [0.3, 0.4) is 0 Å². The highest BCUT2D eigenvalue weighted by atomic mass is 16.2. The number of nitrogens with one attached hydrogen (secondary N) is 1. The Hall–Kier alpha value is -2.95. The van der Waals surface area contributed by atoms with Crippen molar-refractivity contribution < 1.29 is 9.59 Å². The SMILES string of the molecule is Cc1cc(C)c(NC(=O)CN2C(=O)C3CCCC3=Nc3ccccc32)c(C)c1. The third kappa shape index (κ3) is 3.33. The molecule has 28 heavy (non-hydrogen) atoms. The van der Waals surface area contributed by atoms with Crippen molar-refractivity contribution in [3.05, 3.63) is 53.1 Å². The molecule has 1 fully saturated rings. The number of fused-ring (bicyclic) bond motifs is 2. The fraction of sp³-hybridized carbons (Fsp3) is 0.348. The zero-order valence-electron chi connectivity index (χ0n) is 16.6. The molecule has 5 nitrogen and oxygen atoms in total. The fourth-order valence-electron chi connectivity index (χ4n) is 4.34. The van der Waals surface area contributed by atoms with Gasteiger partial charge in [0.1, 0.15) is 6.54 Å². The highest BCUT2D eigenvalue weighted by molar-refractivity contribution is 6.16. The first-order chi connectivity index (χ1) is 13.4. The van der Waals surface area contributed by atoms with Gasteiger partial charge in [-0.1, -0.05) is 29.8 Å². The first-order valence-corrected chi connectivity index (χ1v) is 9.79. The molecule has 2 aromatic rings. The maximum absolute atomic E-state index is 13.2. The summed E-state index contributed by atoms with van der Waals surface area (Å²) >= 11 is 0. The fourth-order valence-corrected chi connectivity index (χ4v) is 4.34. The van der Waals surface area contributed by atoms with Gasteiger partial charge in [0.25, 0.3) is 0 Å². The van der Waals surface area contributed by atoms with Crippen molar-refractivity contribution in [1.29, 1.82) is 0 Å². The van der Waals surface area contributed by atoms with Gasteiger partial charge in [-0.2, -0.15) is 0 Å². The molecule has 1 atom stereocenters. The molecule has 1 unspecified atom stereocenters. The first-order valence-electron chi connectivity index (χ1n) is 9.79. The number of rotatable bonds is 3. The maximum Gasteiger partial charge on any atom is 0.244 e. The van der Waals surface area contributed by atoms with Gasteiger partial charge in [-0.05, 0) is 63.3 Å². The van der Waals surface area contributed by atoms with E-state index in [4.69, 9.17) is 4.99 Å². The minimum absolute atomic E-state index is 0.0120. The average Bonchev–Trinajstić information content (AvgIpc) is 3.07. The molecule has 0 saturated heterocycles. The Kier molecular flexibility index (Phi) is 4.75. The van der Waals surface area contributed by atoms with Gasteiger partial charge in [0.2, 0.25) is 11.8 Å². The van der Waals surface area contributed by atoms with Crippen LogP contribution in [0.5, 0.6) is 0 Å². The number of carbonyl (C=O) groups excluding carboxylic acids is 2. The van der Waals surface area contributed by atoms with E-state index in [1.54, 1.807) is 4.90 Å². The molecule has 4 rings (SSSR count). The van der Waals surface area contributed by atoms with Crippen LogP contribution in [0.25, 0.3) is 0 Å². The summed E-state index contributed by atoms with van der Waals surface area (Å²) in [6.07, 6.45) is 2.63. The third-order valence-corrected chi connectivity index (χ3v) is 5.57. The van der Waals surface area contributed by atoms with Gasteiger partial charge in [0, 0.05) is 11.4 Å². The molecule has 1 aliphatic heterocycles. The second-order valence-corrected chi connectivity index (χ2v) is 7.78. The van der Waals surface area contributed by atoms with E-state index in [2.05, 4.69) is 5.32 Å². The number of hydrogen-bond acceptors (Lipinski definition) is 3. The minimum Gasteiger partial charge on any atom is -0.324 e. The normalized spacial score (nSPS) is 18.2. The van der Waals surface area contributed by atoms with E-state index in [9.17, 15) is 9.59 Å². The lowest BCUT2D eigenvalue weighted by atomic mass is 10.0. The van der Waals surface area contributed by atoms with Crippen LogP contribution >= 0.6 is 0 Å². The predicted octanol–water partition coefficient (Wildman–Crippen LogP) is 4.47. The summed E-state index contributed by atoms with van der Waals surface area (Å²) in [6.45, 7) is 6.00. The van der Waals surface area contributed by atoms with Gasteiger partial charge < -0.3 is 10.2 Å². The second kappa shape index (κ2) is 7.23. The summed E-state index contributed by atoms with van der Waals surface area (Å²) in [4.78, 5) is 32.5. The highest BCUT2D eigenvalue weighted by Crippen LogP contribution is 2.37. The number of anilines is 2. The molecule has 5 heteroatoms. The topological polar surface area (TPSA) is 61.8 Å². The number of aryl methyl sites for hydroxylation is 3. The second-order valence-electron chi connectivity index (χ2n) is 7.78. The average molecular weight is 375 g/mol. The number of hydrogen-bond donors (Lipinski definition) is 1. The van der Waals surface area contributed by atoms with E-state index in [-0.39, 0.29) is 24.3 Å². The summed E-state index contributed by atoms with van der Waals surface area (Å²) in [5.74, 6) is -0.420. The molecule has 2 aromatic carbocycles. The maximum atomic E-state index is 13.2. The van der Waals surface area contributed by atoms with E-state index in [0.717, 1.165) is 53.0 Å². The highest BCUT2D eigenvalue weighted by Gasteiger charge is 2.37. The Labute approximate surface area is 165 Å². The molecule has 1 aliphatic carbocycles. The smallest absolute Gasteiger partial charge is 0.244 e. The largest absolute Gasteiger partial charge is 0.324 e. The van der Waals surface area contributed by atoms with Crippen LogP contribution in [0.15, 0.2) is 41.4 Å². The molecule has 0 radical (unpaired) electrons. The van der Waals surface area contributed by atoms with Crippen LogP contribution in [0.4, 0.5) is 17.1 Å². The summed E-state index contributed by atoms with van der Waals surface area (Å²) in [5.41, 5.74) is 6.46. The van der Waals surface area contributed by atoms with E-state index in [1.165, 1.54) is 0 Å². The lowest BCUT2D eigenvalue weighted by Gasteiger charge is -2.24. The summed E-state index contributed by atoms with van der Waals surface area (Å²) in [5, 5.41) is 3.01. The summed E-state index contributed by atoms with van der Waals surface area (Å²) in [6, 6.07) is 11.7. The van der Waals surface area contributed by atoms with Crippen molar-refractivity contribution in [3.63, 3.8) is 0 Å². The number of amides is 2. The predicted molar refractivity (Wildman–Crippen MR) is 113 cm³/mol. The van der Waals surface area contributed by atoms with Crippen LogP contribution in [0.1, 0.15) is 36.0 Å². The number of benzene rings is 2. The van der Waals surface area contributed by atoms with Crippen molar-refractivity contribution in [2.45, 2.75) is 40.0 Å². The van der Waals surface area contributed by atoms with Gasteiger partial charge in [0.05, 0.1) is 17.3 Å². The van der Waals surface area contributed by atoms with E-state index in [1.807, 2.05) is 57.2 Å². The lowest BCUT2D eigenvalue weighted by Crippen LogP contribution is -2.42. The minimum atomic E-state index is -0.206. The number of aliphatic imine (C=N–C) groups is 1. The summed E-state index contributed by atoms with van der Waals surface area (Å²) < 4.78 is 0. The first kappa shape index (κ1) is 18.4. The van der Waals surface area contributed by atoms with Crippen molar-refractivity contribution in [2.24, 2.45) is 10.9 Å². The van der Waals surface area contributed by atoms with E-state index in [0.29, 0.717) is 5.69 Å². The van der Waals surface area contributed by atoms with Gasteiger partial charge >= 0.3 is 0 Å². The molecule has 0 aromatic heterocycles. The van der Waals surface area contributed by atoms with Crippen LogP contribution < -0.4 is 10.2 Å². The summed E-state index contributed by atoms with van der Waals surface area (Å²) in [7, 11) is 0. The van der Waals surface area contributed by atoms with Crippen molar-refractivity contribution in [1.82, 2.24) is 0 Å². The monoisotopic (exact) mass is 375 g/mol. The van der Waals surface area contributed by atoms with Gasteiger partial charge in [0.15, 0.2) is 0 Å². The third-order valence-electron chi connectivity index (χ3n) is 5.57. The van der Waals surface area contributed by atoms with Crippen molar-refractivity contribution in [3.8, 4) is 0 Å². The van der Waals surface area contributed by atoms with Crippen LogP contribution in [-0.2, 0) is 9.59 Å². The van der Waals surface area contributed by atoms with Gasteiger partial charge in [-0.3, -0.25) is 14.6 Å². The van der Waals surface area contributed by atoms with E-state index < -0.39 is 0 Å². The van der Waals surface area contributed by atoms with Crippen LogP contribution in [-0.4, -0.2) is 24.1 Å². The molecule has 144 valence electrons. The molecule has 1 saturated carbocycles. The number of para-hydroxylation sites is 2. The Morgan fingerprint density at radius 2 is 1.89 bits per heavy atom. The Balaban J connectivity index is 1.62.